The molecule has 0 bridgehead atoms. The first-order chi connectivity index (χ1) is 19.9. The number of esters is 1. The number of carbonyl (C=O) groups is 1. The van der Waals surface area contributed by atoms with E-state index in [4.69, 9.17) is 32.4 Å². The van der Waals surface area contributed by atoms with Crippen molar-refractivity contribution in [3.05, 3.63) is 117 Å². The van der Waals surface area contributed by atoms with Crippen molar-refractivity contribution < 1.29 is 32.0 Å². The molecule has 0 aliphatic carbocycles. The topological polar surface area (TPSA) is 117 Å². The molecule has 0 unspecified atom stereocenters. The van der Waals surface area contributed by atoms with E-state index in [0.29, 0.717) is 16.4 Å². The number of ether oxygens (including phenoxy) is 1. The van der Waals surface area contributed by atoms with Gasteiger partial charge in [-0.1, -0.05) is 46.7 Å². The molecular formula is C27H16Cl2F3N3O6S. The normalized spacial score (nSPS) is 15.4. The Labute approximate surface area is 247 Å². The van der Waals surface area contributed by atoms with Crippen LogP contribution in [0, 0.1) is 10.1 Å². The molecule has 42 heavy (non-hydrogen) atoms. The van der Waals surface area contributed by atoms with Gasteiger partial charge in [-0.25, -0.2) is 9.79 Å². The van der Waals surface area contributed by atoms with E-state index in [2.05, 4.69) is 4.99 Å². The van der Waals surface area contributed by atoms with Gasteiger partial charge in [0.15, 0.2) is 10.5 Å². The number of rotatable bonds is 6. The van der Waals surface area contributed by atoms with Gasteiger partial charge in [-0.15, -0.1) is 0 Å². The summed E-state index contributed by atoms with van der Waals surface area (Å²) in [5.41, 5.74) is -2.88. The first-order valence-electron chi connectivity index (χ1n) is 12.0. The third-order valence-electron chi connectivity index (χ3n) is 6.11. The van der Waals surface area contributed by atoms with Gasteiger partial charge in [0.1, 0.15) is 11.5 Å². The molecule has 1 aliphatic rings. The molecule has 15 heteroatoms. The molecule has 0 fully saturated rings. The average Bonchev–Trinajstić information content (AvgIpc) is 3.52. The van der Waals surface area contributed by atoms with Crippen LogP contribution in [0.2, 0.25) is 10.0 Å². The summed E-state index contributed by atoms with van der Waals surface area (Å²) in [6.07, 6.45) is -3.76. The lowest BCUT2D eigenvalue weighted by Crippen LogP contribution is -2.41. The second kappa shape index (κ2) is 11.2. The highest BCUT2D eigenvalue weighted by atomic mass is 35.5. The summed E-state index contributed by atoms with van der Waals surface area (Å²) in [5.74, 6) is -1.00. The van der Waals surface area contributed by atoms with Crippen molar-refractivity contribution in [1.29, 1.82) is 0 Å². The number of allylic oxidation sites excluding steroid dienone is 1. The number of halogens is 5. The minimum atomic E-state index is -5.05. The Morgan fingerprint density at radius 2 is 1.90 bits per heavy atom. The number of hydrogen-bond acceptors (Lipinski definition) is 8. The lowest BCUT2D eigenvalue weighted by molar-refractivity contribution is -0.384. The van der Waals surface area contributed by atoms with Gasteiger partial charge in [-0.3, -0.25) is 19.5 Å². The lowest BCUT2D eigenvalue weighted by atomic mass is 9.95. The molecule has 0 radical (unpaired) electrons. The van der Waals surface area contributed by atoms with Gasteiger partial charge >= 0.3 is 12.1 Å². The van der Waals surface area contributed by atoms with Crippen molar-refractivity contribution in [3.8, 4) is 11.3 Å². The lowest BCUT2D eigenvalue weighted by Gasteiger charge is -2.26. The van der Waals surface area contributed by atoms with Crippen LogP contribution < -0.4 is 14.9 Å². The molecule has 0 spiro atoms. The number of nitro benzene ring substituents is 1. The molecule has 0 saturated carbocycles. The smallest absolute Gasteiger partial charge is 0.434 e. The zero-order valence-electron chi connectivity index (χ0n) is 21.1. The highest BCUT2D eigenvalue weighted by molar-refractivity contribution is 7.07. The van der Waals surface area contributed by atoms with E-state index in [1.165, 1.54) is 67.6 Å². The molecule has 216 valence electrons. The van der Waals surface area contributed by atoms with E-state index < -0.39 is 39.9 Å². The summed E-state index contributed by atoms with van der Waals surface area (Å²) in [7, 11) is 0. The molecule has 0 saturated heterocycles. The van der Waals surface area contributed by atoms with Gasteiger partial charge in [0.2, 0.25) is 0 Å². The van der Waals surface area contributed by atoms with Crippen LogP contribution in [0.4, 0.5) is 18.9 Å². The third kappa shape index (κ3) is 5.50. The van der Waals surface area contributed by atoms with Crippen LogP contribution in [-0.4, -0.2) is 28.2 Å². The molecule has 4 aromatic rings. The summed E-state index contributed by atoms with van der Waals surface area (Å²) in [6.45, 7) is 1.23. The number of nitrogens with zero attached hydrogens (tertiary/aromatic N) is 3. The van der Waals surface area contributed by atoms with E-state index in [9.17, 15) is 32.9 Å². The van der Waals surface area contributed by atoms with Crippen molar-refractivity contribution in [1.82, 2.24) is 4.57 Å². The van der Waals surface area contributed by atoms with Crippen molar-refractivity contribution in [2.75, 3.05) is 6.61 Å². The van der Waals surface area contributed by atoms with Gasteiger partial charge in [-0.05, 0) is 42.8 Å². The highest BCUT2D eigenvalue weighted by Crippen LogP contribution is 2.38. The largest absolute Gasteiger partial charge is 0.463 e. The number of hydrogen-bond donors (Lipinski definition) is 0. The Kier molecular flexibility index (Phi) is 7.84. The minimum Gasteiger partial charge on any atom is -0.463 e. The van der Waals surface area contributed by atoms with Gasteiger partial charge in [0.05, 0.1) is 32.7 Å². The summed E-state index contributed by atoms with van der Waals surface area (Å²) in [5, 5.41) is 11.6. The van der Waals surface area contributed by atoms with Crippen LogP contribution in [0.3, 0.4) is 0 Å². The maximum Gasteiger partial charge on any atom is 0.434 e. The molecule has 0 amide bonds. The van der Waals surface area contributed by atoms with Crippen LogP contribution in [0.25, 0.3) is 17.4 Å². The van der Waals surface area contributed by atoms with E-state index in [1.54, 1.807) is 0 Å². The molecular weight excluding hydrogens is 622 g/mol. The Hall–Kier alpha value is -4.20. The Morgan fingerprint density at radius 3 is 2.55 bits per heavy atom. The molecule has 1 aliphatic heterocycles. The van der Waals surface area contributed by atoms with Crippen molar-refractivity contribution in [2.45, 2.75) is 19.1 Å². The monoisotopic (exact) mass is 637 g/mol. The number of carbonyl (C=O) groups excluding carboxylic acids is 1. The average molecular weight is 638 g/mol. The summed E-state index contributed by atoms with van der Waals surface area (Å²) in [4.78, 5) is 40.5. The van der Waals surface area contributed by atoms with Gasteiger partial charge in [-0.2, -0.15) is 13.2 Å². The van der Waals surface area contributed by atoms with E-state index in [-0.39, 0.29) is 49.3 Å². The molecule has 1 atom stereocenters. The first kappa shape index (κ1) is 29.3. The van der Waals surface area contributed by atoms with Crippen molar-refractivity contribution in [2.24, 2.45) is 4.99 Å². The summed E-state index contributed by atoms with van der Waals surface area (Å²) >= 11 is 12.8. The fourth-order valence-electron chi connectivity index (χ4n) is 4.32. The third-order valence-corrected chi connectivity index (χ3v) is 7.67. The fraction of sp³-hybridized carbons (Fsp3) is 0.148. The van der Waals surface area contributed by atoms with Gasteiger partial charge in [0.25, 0.3) is 11.2 Å². The highest BCUT2D eigenvalue weighted by Gasteiger charge is 2.45. The predicted octanol–water partition coefficient (Wildman–Crippen LogP) is 5.82. The number of furan rings is 1. The number of aromatic nitrogens is 1. The van der Waals surface area contributed by atoms with Crippen molar-refractivity contribution >= 4 is 52.3 Å². The maximum absolute atomic E-state index is 14.2. The Balaban J connectivity index is 1.69. The zero-order chi connectivity index (χ0) is 30.3. The number of benzene rings is 2. The first-order valence-corrected chi connectivity index (χ1v) is 13.6. The summed E-state index contributed by atoms with van der Waals surface area (Å²) < 4.78 is 54.3. The van der Waals surface area contributed by atoms with E-state index >= 15 is 0 Å². The molecule has 0 N–H and O–H groups in total. The zero-order valence-corrected chi connectivity index (χ0v) is 23.5. The molecule has 9 nitrogen and oxygen atoms in total. The number of thiazole rings is 1. The molecule has 3 heterocycles. The van der Waals surface area contributed by atoms with Crippen LogP contribution >= 0.6 is 34.5 Å². The van der Waals surface area contributed by atoms with Gasteiger partial charge in [0, 0.05) is 28.8 Å². The number of nitro groups is 1. The second-order valence-corrected chi connectivity index (χ2v) is 10.6. The van der Waals surface area contributed by atoms with Crippen molar-refractivity contribution in [3.63, 3.8) is 0 Å². The Morgan fingerprint density at radius 1 is 1.19 bits per heavy atom. The van der Waals surface area contributed by atoms with E-state index in [1.807, 2.05) is 0 Å². The van der Waals surface area contributed by atoms with Crippen LogP contribution in [-0.2, 0) is 9.53 Å². The molecule has 2 aromatic heterocycles. The number of alkyl halides is 3. The second-order valence-electron chi connectivity index (χ2n) is 8.74. The summed E-state index contributed by atoms with van der Waals surface area (Å²) in [6, 6.07) is 10.9. The van der Waals surface area contributed by atoms with Crippen LogP contribution in [0.15, 0.2) is 80.1 Å². The number of non-ortho nitro benzene ring substituents is 1. The maximum atomic E-state index is 14.2. The molecule has 5 rings (SSSR count). The molecule has 2 aromatic carbocycles. The fourth-order valence-corrected chi connectivity index (χ4v) is 5.64. The SMILES string of the molecule is CCOC(=O)C1=C(C(F)(F)F)N=c2s/c(=C\c3ccc(-c4cc([N+](=O)[O-])ccc4Cl)o3)c(=O)n2[C@@H]1c1ccc(Cl)cc1. The standard InChI is InChI=1S/C27H16Cl2F3N3O6S/c1-2-40-25(37)21-22(13-3-5-14(28)6-4-13)34-24(36)20(42-26(34)33-23(21)27(30,31)32)12-16-8-10-19(41-16)17-11-15(35(38)39)7-9-18(17)29/h3-12,22H,2H2,1H3/b20-12-/t22-/m1/s1. The Bertz CT molecular complexity index is 1940. The predicted molar refractivity (Wildman–Crippen MR) is 148 cm³/mol. The van der Waals surface area contributed by atoms with Crippen LogP contribution in [0.1, 0.15) is 24.3 Å². The van der Waals surface area contributed by atoms with Gasteiger partial charge < -0.3 is 9.15 Å². The number of fused-ring (bicyclic) bond motifs is 1. The minimum absolute atomic E-state index is 0.0506. The quantitative estimate of drug-likeness (QED) is 0.149. The van der Waals surface area contributed by atoms with E-state index in [0.717, 1.165) is 4.57 Å². The van der Waals surface area contributed by atoms with Crippen LogP contribution in [0.5, 0.6) is 0 Å².